The third-order valence-corrected chi connectivity index (χ3v) is 5.85. The maximum Gasteiger partial charge on any atom is 0.216 e. The number of ether oxygens (including phenoxy) is 3. The molecule has 31 heavy (non-hydrogen) atoms. The third-order valence-electron chi connectivity index (χ3n) is 5.85. The average molecular weight is 420 g/mol. The number of imidazole rings is 1. The summed E-state index contributed by atoms with van der Waals surface area (Å²) in [6.45, 7) is 3.95. The van der Waals surface area contributed by atoms with E-state index in [1.165, 1.54) is 0 Å². The molecule has 3 aromatic rings. The van der Waals surface area contributed by atoms with Crippen molar-refractivity contribution in [3.05, 3.63) is 48.0 Å². The van der Waals surface area contributed by atoms with Crippen LogP contribution in [-0.2, 0) is 4.74 Å². The highest BCUT2D eigenvalue weighted by Gasteiger charge is 2.36. The smallest absolute Gasteiger partial charge is 0.216 e. The Hall–Kier alpha value is -3.30. The summed E-state index contributed by atoms with van der Waals surface area (Å²) in [5.41, 5.74) is 3.09. The standard InChI is InChI=1S/C22H24N6O3/c1-29-9-8-26-13-23-21-25-20(15-6-7-18-19(12-15)31-11-10-30-18)28-17-5-3-2-4-16(17)24-22(28)27(21)14-26/h2-7,12,20H,8-11,13-14H2,1H3,(H,23,25). The fraction of sp³-hybridized carbons (Fsp3) is 0.364. The number of nitrogens with zero attached hydrogens (tertiary/aromatic N) is 5. The molecule has 6 rings (SSSR count). The van der Waals surface area contributed by atoms with Gasteiger partial charge in [0.2, 0.25) is 11.9 Å². The van der Waals surface area contributed by atoms with Crippen molar-refractivity contribution in [2.24, 2.45) is 4.99 Å². The molecule has 0 aliphatic carbocycles. The summed E-state index contributed by atoms with van der Waals surface area (Å²) >= 11 is 0. The molecule has 1 aromatic heterocycles. The number of hydrogen-bond acceptors (Lipinski definition) is 8. The lowest BCUT2D eigenvalue weighted by molar-refractivity contribution is 0.147. The minimum absolute atomic E-state index is 0.154. The van der Waals surface area contributed by atoms with Crippen LogP contribution in [0.4, 0.5) is 5.95 Å². The molecule has 160 valence electrons. The van der Waals surface area contributed by atoms with E-state index in [0.29, 0.717) is 33.2 Å². The van der Waals surface area contributed by atoms with Crippen LogP contribution in [0.3, 0.4) is 0 Å². The monoisotopic (exact) mass is 420 g/mol. The number of methoxy groups -OCH3 is 1. The molecule has 4 heterocycles. The summed E-state index contributed by atoms with van der Waals surface area (Å²) in [5, 5.41) is 3.63. The average Bonchev–Trinajstić information content (AvgIpc) is 3.22. The molecule has 0 amide bonds. The summed E-state index contributed by atoms with van der Waals surface area (Å²) in [5.74, 6) is 3.26. The number of para-hydroxylation sites is 2. The van der Waals surface area contributed by atoms with Gasteiger partial charge in [-0.05, 0) is 29.8 Å². The highest BCUT2D eigenvalue weighted by Crippen LogP contribution is 2.37. The van der Waals surface area contributed by atoms with Crippen molar-refractivity contribution in [3.8, 4) is 11.5 Å². The summed E-state index contributed by atoms with van der Waals surface area (Å²) in [6, 6.07) is 14.3. The Kier molecular flexibility index (Phi) is 4.43. The van der Waals surface area contributed by atoms with Gasteiger partial charge in [0.05, 0.1) is 31.0 Å². The summed E-state index contributed by atoms with van der Waals surface area (Å²) in [4.78, 5) is 14.2. The third kappa shape index (κ3) is 3.08. The zero-order valence-corrected chi connectivity index (χ0v) is 17.3. The van der Waals surface area contributed by atoms with Gasteiger partial charge in [-0.2, -0.15) is 0 Å². The van der Waals surface area contributed by atoms with E-state index >= 15 is 0 Å². The van der Waals surface area contributed by atoms with Gasteiger partial charge >= 0.3 is 0 Å². The molecule has 1 unspecified atom stereocenters. The van der Waals surface area contributed by atoms with Gasteiger partial charge in [-0.3, -0.25) is 14.4 Å². The summed E-state index contributed by atoms with van der Waals surface area (Å²) < 4.78 is 19.0. The number of rotatable bonds is 4. The van der Waals surface area contributed by atoms with Crippen molar-refractivity contribution < 1.29 is 14.2 Å². The van der Waals surface area contributed by atoms with Crippen molar-refractivity contribution in [2.45, 2.75) is 6.17 Å². The molecular weight excluding hydrogens is 396 g/mol. The van der Waals surface area contributed by atoms with Crippen LogP contribution in [0.1, 0.15) is 11.7 Å². The number of aromatic nitrogens is 2. The zero-order chi connectivity index (χ0) is 20.8. The van der Waals surface area contributed by atoms with Gasteiger partial charge in [0.1, 0.15) is 19.4 Å². The minimum Gasteiger partial charge on any atom is -0.486 e. The molecule has 9 heteroatoms. The quantitative estimate of drug-likeness (QED) is 0.692. The molecule has 3 aliphatic rings. The van der Waals surface area contributed by atoms with Gasteiger partial charge < -0.3 is 19.5 Å². The Morgan fingerprint density at radius 1 is 1.13 bits per heavy atom. The van der Waals surface area contributed by atoms with Crippen LogP contribution in [0.2, 0.25) is 0 Å². The predicted octanol–water partition coefficient (Wildman–Crippen LogP) is 2.00. The Bertz CT molecular complexity index is 1160. The van der Waals surface area contributed by atoms with Gasteiger partial charge in [-0.1, -0.05) is 18.2 Å². The van der Waals surface area contributed by atoms with Crippen molar-refractivity contribution in [3.63, 3.8) is 0 Å². The highest BCUT2D eigenvalue weighted by molar-refractivity contribution is 5.98. The van der Waals surface area contributed by atoms with E-state index in [1.807, 2.05) is 24.3 Å². The van der Waals surface area contributed by atoms with Crippen LogP contribution < -0.4 is 19.7 Å². The van der Waals surface area contributed by atoms with Gasteiger partial charge in [-0.25, -0.2) is 9.98 Å². The van der Waals surface area contributed by atoms with E-state index in [9.17, 15) is 0 Å². The molecule has 1 N–H and O–H groups in total. The van der Waals surface area contributed by atoms with Gasteiger partial charge in [0.15, 0.2) is 11.5 Å². The van der Waals surface area contributed by atoms with E-state index in [4.69, 9.17) is 24.2 Å². The van der Waals surface area contributed by atoms with Crippen LogP contribution in [0.5, 0.6) is 11.5 Å². The van der Waals surface area contributed by atoms with E-state index in [0.717, 1.165) is 46.5 Å². The topological polar surface area (TPSA) is 76.4 Å². The first-order chi connectivity index (χ1) is 15.3. The molecule has 0 saturated heterocycles. The largest absolute Gasteiger partial charge is 0.486 e. The molecule has 0 saturated carbocycles. The fourth-order valence-corrected chi connectivity index (χ4v) is 4.33. The first-order valence-electron chi connectivity index (χ1n) is 10.5. The Morgan fingerprint density at radius 2 is 2.00 bits per heavy atom. The summed E-state index contributed by atoms with van der Waals surface area (Å²) in [6.07, 6.45) is -0.154. The van der Waals surface area contributed by atoms with Crippen molar-refractivity contribution in [2.75, 3.05) is 51.7 Å². The minimum atomic E-state index is -0.154. The number of hydrogen-bond donors (Lipinski definition) is 1. The number of fused-ring (bicyclic) bond motifs is 6. The van der Waals surface area contributed by atoms with Crippen molar-refractivity contribution >= 4 is 22.9 Å². The Morgan fingerprint density at radius 3 is 2.90 bits per heavy atom. The van der Waals surface area contributed by atoms with Gasteiger partial charge in [-0.15, -0.1) is 0 Å². The molecule has 0 bridgehead atoms. The lowest BCUT2D eigenvalue weighted by Crippen LogP contribution is -2.57. The zero-order valence-electron chi connectivity index (χ0n) is 17.3. The summed E-state index contributed by atoms with van der Waals surface area (Å²) in [7, 11) is 1.72. The van der Waals surface area contributed by atoms with Crippen LogP contribution >= 0.6 is 0 Å². The SMILES string of the molecule is COCCN1CN=C2NC(c3ccc4c(c3)OCCO4)n3c(nc4ccccc43)N2C1. The molecular formula is C22H24N6O3. The van der Waals surface area contributed by atoms with Crippen molar-refractivity contribution in [1.82, 2.24) is 19.8 Å². The molecule has 3 aliphatic heterocycles. The normalized spacial score (nSPS) is 20.1. The lowest BCUT2D eigenvalue weighted by atomic mass is 10.1. The van der Waals surface area contributed by atoms with Gasteiger partial charge in [0.25, 0.3) is 0 Å². The first-order valence-corrected chi connectivity index (χ1v) is 10.5. The van der Waals surface area contributed by atoms with Crippen LogP contribution in [-0.4, -0.2) is 67.2 Å². The molecule has 2 aromatic carbocycles. The molecule has 1 atom stereocenters. The van der Waals surface area contributed by atoms with E-state index in [1.54, 1.807) is 7.11 Å². The number of nitrogens with one attached hydrogen (secondary N) is 1. The maximum absolute atomic E-state index is 5.83. The van der Waals surface area contributed by atoms with E-state index < -0.39 is 0 Å². The number of benzene rings is 2. The second-order valence-electron chi connectivity index (χ2n) is 7.80. The van der Waals surface area contributed by atoms with Crippen molar-refractivity contribution in [1.29, 1.82) is 0 Å². The molecule has 9 nitrogen and oxygen atoms in total. The first kappa shape index (κ1) is 18.5. The number of anilines is 1. The highest BCUT2D eigenvalue weighted by atomic mass is 16.6. The molecule has 0 fully saturated rings. The lowest BCUT2D eigenvalue weighted by Gasteiger charge is -2.41. The second-order valence-corrected chi connectivity index (χ2v) is 7.80. The molecule has 0 radical (unpaired) electrons. The van der Waals surface area contributed by atoms with Gasteiger partial charge in [0, 0.05) is 13.7 Å². The number of guanidine groups is 1. The van der Waals surface area contributed by atoms with E-state index in [-0.39, 0.29) is 6.17 Å². The predicted molar refractivity (Wildman–Crippen MR) is 117 cm³/mol. The number of aliphatic imine (C=N–C) groups is 1. The Labute approximate surface area is 179 Å². The van der Waals surface area contributed by atoms with E-state index in [2.05, 4.69) is 37.9 Å². The maximum atomic E-state index is 5.83. The van der Waals surface area contributed by atoms with Crippen LogP contribution in [0.15, 0.2) is 47.5 Å². The molecule has 0 spiro atoms. The van der Waals surface area contributed by atoms with Crippen LogP contribution in [0, 0.1) is 0 Å². The fourth-order valence-electron chi connectivity index (χ4n) is 4.33. The Balaban J connectivity index is 1.45. The second kappa shape index (κ2) is 7.44. The van der Waals surface area contributed by atoms with Crippen LogP contribution in [0.25, 0.3) is 11.0 Å².